The Bertz CT molecular complexity index is 426. The highest BCUT2D eigenvalue weighted by Gasteiger charge is 2.32. The molecule has 0 saturated carbocycles. The van der Waals surface area contributed by atoms with Crippen molar-refractivity contribution in [3.63, 3.8) is 0 Å². The SMILES string of the molecule is Clc1cccc(OCC2CN3CCOB(OCC3)O2)c1. The zero-order chi connectivity index (χ0) is 13.8. The summed E-state index contributed by atoms with van der Waals surface area (Å²) in [6.45, 7) is 4.33. The number of ether oxygens (including phenoxy) is 1. The number of hydrogen-bond donors (Lipinski definition) is 0. The van der Waals surface area contributed by atoms with Crippen molar-refractivity contribution in [2.24, 2.45) is 0 Å². The minimum atomic E-state index is -0.578. The molecule has 1 atom stereocenters. The summed E-state index contributed by atoms with van der Waals surface area (Å²) in [6, 6.07) is 7.35. The Morgan fingerprint density at radius 2 is 2.10 bits per heavy atom. The normalized spacial score (nSPS) is 26.8. The van der Waals surface area contributed by atoms with E-state index < -0.39 is 7.32 Å². The number of nitrogens with zero attached hydrogens (tertiary/aromatic N) is 1. The van der Waals surface area contributed by atoms with Gasteiger partial charge in [0.15, 0.2) is 0 Å². The van der Waals surface area contributed by atoms with Crippen LogP contribution in [-0.4, -0.2) is 57.8 Å². The molecule has 0 aliphatic carbocycles. The molecule has 3 saturated heterocycles. The zero-order valence-electron chi connectivity index (χ0n) is 11.2. The molecule has 2 bridgehead atoms. The van der Waals surface area contributed by atoms with Crippen LogP contribution in [0, 0.1) is 0 Å². The Kier molecular flexibility index (Phi) is 4.80. The molecule has 0 amide bonds. The lowest BCUT2D eigenvalue weighted by Gasteiger charge is -2.34. The van der Waals surface area contributed by atoms with Gasteiger partial charge in [-0.1, -0.05) is 17.7 Å². The topological polar surface area (TPSA) is 40.2 Å². The molecule has 20 heavy (non-hydrogen) atoms. The predicted octanol–water partition coefficient (Wildman–Crippen LogP) is 1.45. The zero-order valence-corrected chi connectivity index (χ0v) is 11.9. The molecule has 0 N–H and O–H groups in total. The van der Waals surface area contributed by atoms with E-state index in [4.69, 9.17) is 30.3 Å². The lowest BCUT2D eigenvalue weighted by Crippen LogP contribution is -2.51. The van der Waals surface area contributed by atoms with Crippen LogP contribution in [0.2, 0.25) is 5.02 Å². The summed E-state index contributed by atoms with van der Waals surface area (Å²) in [6.07, 6.45) is -0.0837. The second-order valence-corrected chi connectivity index (χ2v) is 5.29. The van der Waals surface area contributed by atoms with Gasteiger partial charge in [-0.2, -0.15) is 0 Å². The highest BCUT2D eigenvalue weighted by atomic mass is 35.5. The summed E-state index contributed by atoms with van der Waals surface area (Å²) >= 11 is 5.93. The summed E-state index contributed by atoms with van der Waals surface area (Å²) in [5, 5.41) is 0.661. The summed E-state index contributed by atoms with van der Waals surface area (Å²) in [4.78, 5) is 2.27. The van der Waals surface area contributed by atoms with Gasteiger partial charge in [0.25, 0.3) is 0 Å². The van der Waals surface area contributed by atoms with Gasteiger partial charge in [-0.15, -0.1) is 0 Å². The largest absolute Gasteiger partial charge is 0.639 e. The molecule has 0 radical (unpaired) electrons. The molecular weight excluding hydrogens is 280 g/mol. The lowest BCUT2D eigenvalue weighted by atomic mass is 10.1. The fourth-order valence-corrected chi connectivity index (χ4v) is 2.48. The van der Waals surface area contributed by atoms with Crippen LogP contribution in [0.1, 0.15) is 0 Å². The van der Waals surface area contributed by atoms with E-state index >= 15 is 0 Å². The van der Waals surface area contributed by atoms with Gasteiger partial charge in [-0.25, -0.2) is 0 Å². The Morgan fingerprint density at radius 1 is 1.30 bits per heavy atom. The fraction of sp³-hybridized carbons (Fsp3) is 0.538. The van der Waals surface area contributed by atoms with Crippen molar-refractivity contribution in [3.05, 3.63) is 29.3 Å². The molecule has 3 fully saturated rings. The molecule has 1 aromatic carbocycles. The number of fused-ring (bicyclic) bond motifs is 6. The number of rotatable bonds is 3. The van der Waals surface area contributed by atoms with Crippen LogP contribution in [0.25, 0.3) is 0 Å². The van der Waals surface area contributed by atoms with Crippen molar-refractivity contribution < 1.29 is 18.7 Å². The second-order valence-electron chi connectivity index (χ2n) is 4.86. The number of benzene rings is 1. The molecule has 5 nitrogen and oxygen atoms in total. The first kappa shape index (κ1) is 14.2. The van der Waals surface area contributed by atoms with Gasteiger partial charge in [0.05, 0.1) is 6.10 Å². The Balaban J connectivity index is 1.59. The summed E-state index contributed by atoms with van der Waals surface area (Å²) in [7, 11) is -0.578. The fourth-order valence-electron chi connectivity index (χ4n) is 2.30. The van der Waals surface area contributed by atoms with E-state index in [0.717, 1.165) is 25.4 Å². The van der Waals surface area contributed by atoms with E-state index in [9.17, 15) is 0 Å². The third-order valence-corrected chi connectivity index (χ3v) is 3.56. The van der Waals surface area contributed by atoms with E-state index in [1.165, 1.54) is 0 Å². The van der Waals surface area contributed by atoms with E-state index in [2.05, 4.69) is 4.90 Å². The van der Waals surface area contributed by atoms with Crippen LogP contribution >= 0.6 is 11.6 Å². The van der Waals surface area contributed by atoms with Gasteiger partial charge >= 0.3 is 7.32 Å². The van der Waals surface area contributed by atoms with Crippen LogP contribution in [0.4, 0.5) is 0 Å². The average molecular weight is 298 g/mol. The van der Waals surface area contributed by atoms with Gasteiger partial charge in [0.2, 0.25) is 0 Å². The van der Waals surface area contributed by atoms with E-state index in [1.807, 2.05) is 18.2 Å². The molecule has 3 aliphatic rings. The summed E-state index contributed by atoms with van der Waals surface area (Å²) in [5.74, 6) is 0.741. The smallest absolute Gasteiger partial charge is 0.491 e. The third kappa shape index (κ3) is 3.87. The first-order chi connectivity index (χ1) is 9.79. The van der Waals surface area contributed by atoms with Crippen molar-refractivity contribution in [1.29, 1.82) is 0 Å². The minimum absolute atomic E-state index is 0.0837. The first-order valence-corrected chi connectivity index (χ1v) is 7.17. The number of hydrogen-bond acceptors (Lipinski definition) is 5. The molecule has 4 rings (SSSR count). The maximum Gasteiger partial charge on any atom is 0.639 e. The molecule has 0 spiro atoms. The van der Waals surface area contributed by atoms with Gasteiger partial charge in [-0.05, 0) is 18.2 Å². The van der Waals surface area contributed by atoms with Crippen molar-refractivity contribution in [3.8, 4) is 5.75 Å². The van der Waals surface area contributed by atoms with E-state index in [1.54, 1.807) is 6.07 Å². The monoisotopic (exact) mass is 297 g/mol. The Morgan fingerprint density at radius 3 is 2.85 bits per heavy atom. The van der Waals surface area contributed by atoms with Crippen molar-refractivity contribution in [1.82, 2.24) is 4.90 Å². The second kappa shape index (κ2) is 6.78. The standard InChI is InChI=1S/C13H17BClNO4/c15-11-2-1-3-12(8-11)17-10-13-9-16-4-6-18-14(20-13)19-7-5-16/h1-3,8,13H,4-7,9-10H2. The van der Waals surface area contributed by atoms with E-state index in [0.29, 0.717) is 24.8 Å². The Labute approximate surface area is 123 Å². The summed E-state index contributed by atoms with van der Waals surface area (Å²) in [5.41, 5.74) is 0. The van der Waals surface area contributed by atoms with Crippen LogP contribution in [0.3, 0.4) is 0 Å². The maximum atomic E-state index is 5.93. The quantitative estimate of drug-likeness (QED) is 0.790. The molecule has 1 unspecified atom stereocenters. The van der Waals surface area contributed by atoms with Gasteiger partial charge in [0.1, 0.15) is 12.4 Å². The van der Waals surface area contributed by atoms with Crippen LogP contribution in [0.5, 0.6) is 5.75 Å². The molecule has 3 heterocycles. The minimum Gasteiger partial charge on any atom is -0.491 e. The lowest BCUT2D eigenvalue weighted by molar-refractivity contribution is -0.0321. The summed E-state index contributed by atoms with van der Waals surface area (Å²) < 4.78 is 22.5. The van der Waals surface area contributed by atoms with Crippen molar-refractivity contribution >= 4 is 18.9 Å². The maximum absolute atomic E-state index is 5.93. The van der Waals surface area contributed by atoms with E-state index in [-0.39, 0.29) is 6.10 Å². The third-order valence-electron chi connectivity index (χ3n) is 3.32. The molecule has 108 valence electrons. The number of halogens is 1. The van der Waals surface area contributed by atoms with Gasteiger partial charge in [-0.3, -0.25) is 4.90 Å². The first-order valence-electron chi connectivity index (χ1n) is 6.79. The highest BCUT2D eigenvalue weighted by molar-refractivity contribution is 6.36. The van der Waals surface area contributed by atoms with Crippen LogP contribution in [0.15, 0.2) is 24.3 Å². The van der Waals surface area contributed by atoms with Crippen molar-refractivity contribution in [2.75, 3.05) is 39.5 Å². The molecule has 7 heteroatoms. The molecule has 0 aromatic heterocycles. The molecule has 3 aliphatic heterocycles. The van der Waals surface area contributed by atoms with Gasteiger partial charge in [0, 0.05) is 37.9 Å². The predicted molar refractivity (Wildman–Crippen MR) is 75.9 cm³/mol. The van der Waals surface area contributed by atoms with Crippen LogP contribution < -0.4 is 4.74 Å². The Hall–Kier alpha value is -0.785. The highest BCUT2D eigenvalue weighted by Crippen LogP contribution is 2.18. The van der Waals surface area contributed by atoms with Crippen molar-refractivity contribution in [2.45, 2.75) is 6.10 Å². The van der Waals surface area contributed by atoms with Crippen LogP contribution in [-0.2, 0) is 14.0 Å². The van der Waals surface area contributed by atoms with Gasteiger partial charge < -0.3 is 18.7 Å². The molecular formula is C13H17BClNO4. The average Bonchev–Trinajstić information content (AvgIpc) is 2.35. The molecule has 1 aromatic rings.